The van der Waals surface area contributed by atoms with Crippen molar-refractivity contribution in [2.75, 3.05) is 26.2 Å². The fourth-order valence-electron chi connectivity index (χ4n) is 5.24. The Hall–Kier alpha value is -1.66. The van der Waals surface area contributed by atoms with Gasteiger partial charge >= 0.3 is 5.97 Å². The van der Waals surface area contributed by atoms with Gasteiger partial charge in [0.1, 0.15) is 5.82 Å². The summed E-state index contributed by atoms with van der Waals surface area (Å²) in [6, 6.07) is 4.74. The number of hydrogen-bond acceptors (Lipinski definition) is 3. The molecule has 0 unspecified atom stereocenters. The van der Waals surface area contributed by atoms with Gasteiger partial charge in [0.25, 0.3) is 0 Å². The second-order valence-electron chi connectivity index (χ2n) is 8.07. The number of carboxylic acid groups (broad SMARTS) is 1. The van der Waals surface area contributed by atoms with Crippen molar-refractivity contribution in [1.29, 1.82) is 0 Å². The van der Waals surface area contributed by atoms with Gasteiger partial charge in [0.15, 0.2) is 0 Å². The highest BCUT2D eigenvalue weighted by atomic mass is 35.5. The Morgan fingerprint density at radius 1 is 1.11 bits per heavy atom. The van der Waals surface area contributed by atoms with Gasteiger partial charge in [-0.15, -0.1) is 0 Å². The maximum Gasteiger partial charge on any atom is 0.307 e. The summed E-state index contributed by atoms with van der Waals surface area (Å²) in [6.07, 6.45) is 2.81. The molecule has 146 valence electrons. The molecule has 7 heteroatoms. The quantitative estimate of drug-likeness (QED) is 0.853. The van der Waals surface area contributed by atoms with Gasteiger partial charge in [-0.2, -0.15) is 0 Å². The SMILES string of the molecule is O=C(O)[C@H]1[C@H]2CC[C@@H](C2)[C@@H]1C(=O)N1CCN(Cc2ccc(F)c(Cl)c2)CC1. The Morgan fingerprint density at radius 2 is 1.78 bits per heavy atom. The van der Waals surface area contributed by atoms with Gasteiger partial charge < -0.3 is 10.0 Å². The summed E-state index contributed by atoms with van der Waals surface area (Å²) in [5.41, 5.74) is 0.945. The summed E-state index contributed by atoms with van der Waals surface area (Å²) >= 11 is 5.84. The highest BCUT2D eigenvalue weighted by molar-refractivity contribution is 6.30. The van der Waals surface area contributed by atoms with Crippen LogP contribution in [0.15, 0.2) is 18.2 Å². The minimum atomic E-state index is -0.813. The Balaban J connectivity index is 1.35. The summed E-state index contributed by atoms with van der Waals surface area (Å²) in [5.74, 6) is -1.64. The van der Waals surface area contributed by atoms with E-state index in [1.807, 2.05) is 4.90 Å². The van der Waals surface area contributed by atoms with Crippen LogP contribution < -0.4 is 0 Å². The van der Waals surface area contributed by atoms with Gasteiger partial charge in [0.2, 0.25) is 5.91 Å². The lowest BCUT2D eigenvalue weighted by atomic mass is 9.78. The molecule has 1 aliphatic heterocycles. The summed E-state index contributed by atoms with van der Waals surface area (Å²) in [6.45, 7) is 3.31. The first-order valence-corrected chi connectivity index (χ1v) is 9.99. The van der Waals surface area contributed by atoms with E-state index in [-0.39, 0.29) is 28.7 Å². The normalized spacial score (nSPS) is 30.7. The third-order valence-electron chi connectivity index (χ3n) is 6.56. The molecule has 1 aromatic rings. The van der Waals surface area contributed by atoms with Crippen LogP contribution in [0.2, 0.25) is 5.02 Å². The molecule has 2 saturated carbocycles. The number of halogens is 2. The molecule has 2 aliphatic carbocycles. The van der Waals surface area contributed by atoms with Gasteiger partial charge in [-0.05, 0) is 48.8 Å². The zero-order chi connectivity index (χ0) is 19.1. The lowest BCUT2D eigenvalue weighted by Crippen LogP contribution is -2.52. The average molecular weight is 395 g/mol. The number of hydrogen-bond donors (Lipinski definition) is 1. The van der Waals surface area contributed by atoms with Gasteiger partial charge in [-0.1, -0.05) is 17.7 Å². The number of carbonyl (C=O) groups is 2. The lowest BCUT2D eigenvalue weighted by molar-refractivity contribution is -0.153. The van der Waals surface area contributed by atoms with Crippen LogP contribution >= 0.6 is 11.6 Å². The number of carbonyl (C=O) groups excluding carboxylic acids is 1. The van der Waals surface area contributed by atoms with Crippen LogP contribution in [0, 0.1) is 29.5 Å². The van der Waals surface area contributed by atoms with E-state index in [0.29, 0.717) is 19.6 Å². The molecular formula is C20H24ClFN2O3. The van der Waals surface area contributed by atoms with E-state index in [0.717, 1.165) is 37.9 Å². The fourth-order valence-corrected chi connectivity index (χ4v) is 5.44. The van der Waals surface area contributed by atoms with Crippen molar-refractivity contribution >= 4 is 23.5 Å². The molecule has 1 heterocycles. The Labute approximate surface area is 163 Å². The van der Waals surface area contributed by atoms with E-state index >= 15 is 0 Å². The smallest absolute Gasteiger partial charge is 0.307 e. The first kappa shape index (κ1) is 18.7. The number of amides is 1. The molecule has 1 amide bonds. The highest BCUT2D eigenvalue weighted by Gasteiger charge is 2.54. The van der Waals surface area contributed by atoms with Gasteiger partial charge in [-0.25, -0.2) is 4.39 Å². The number of benzene rings is 1. The second-order valence-corrected chi connectivity index (χ2v) is 8.48. The van der Waals surface area contributed by atoms with Crippen molar-refractivity contribution in [3.05, 3.63) is 34.6 Å². The van der Waals surface area contributed by atoms with Crippen molar-refractivity contribution < 1.29 is 19.1 Å². The fraction of sp³-hybridized carbons (Fsp3) is 0.600. The van der Waals surface area contributed by atoms with E-state index in [2.05, 4.69) is 4.90 Å². The molecule has 5 nitrogen and oxygen atoms in total. The predicted molar refractivity (Wildman–Crippen MR) is 98.7 cm³/mol. The molecule has 0 spiro atoms. The lowest BCUT2D eigenvalue weighted by Gasteiger charge is -2.38. The molecule has 0 aromatic heterocycles. The van der Waals surface area contributed by atoms with Crippen LogP contribution in [0.1, 0.15) is 24.8 Å². The minimum absolute atomic E-state index is 0.0269. The molecule has 4 rings (SSSR count). The first-order chi connectivity index (χ1) is 12.9. The molecule has 3 fully saturated rings. The minimum Gasteiger partial charge on any atom is -0.481 e. The van der Waals surface area contributed by atoms with Crippen molar-refractivity contribution in [3.63, 3.8) is 0 Å². The third-order valence-corrected chi connectivity index (χ3v) is 6.85. The molecule has 0 radical (unpaired) electrons. The van der Waals surface area contributed by atoms with Gasteiger partial charge in [-0.3, -0.25) is 14.5 Å². The summed E-state index contributed by atoms with van der Waals surface area (Å²) in [7, 11) is 0. The largest absolute Gasteiger partial charge is 0.481 e. The maximum absolute atomic E-state index is 13.3. The average Bonchev–Trinajstić information content (AvgIpc) is 3.26. The number of carboxylic acids is 1. The molecule has 4 atom stereocenters. The van der Waals surface area contributed by atoms with Crippen LogP contribution in [0.4, 0.5) is 4.39 Å². The number of piperazine rings is 1. The number of aliphatic carboxylic acids is 1. The number of fused-ring (bicyclic) bond motifs is 2. The monoisotopic (exact) mass is 394 g/mol. The number of rotatable bonds is 4. The van der Waals surface area contributed by atoms with E-state index in [4.69, 9.17) is 11.6 Å². The predicted octanol–water partition coefficient (Wildman–Crippen LogP) is 2.87. The molecular weight excluding hydrogens is 371 g/mol. The van der Waals surface area contributed by atoms with Crippen LogP contribution in [-0.2, 0) is 16.1 Å². The van der Waals surface area contributed by atoms with E-state index in [1.165, 1.54) is 6.07 Å². The van der Waals surface area contributed by atoms with E-state index < -0.39 is 17.7 Å². The standard InChI is InChI=1S/C20H24ClFN2O3/c21-15-9-12(1-4-16(15)22)11-23-5-7-24(8-6-23)19(25)17-13-2-3-14(10-13)18(17)20(26)27/h1,4,9,13-14,17-18H,2-3,5-8,10-11H2,(H,26,27)/t13-,14-,17-,18-/m0/s1. The highest BCUT2D eigenvalue weighted by Crippen LogP contribution is 2.53. The zero-order valence-electron chi connectivity index (χ0n) is 15.1. The molecule has 3 aliphatic rings. The summed E-state index contributed by atoms with van der Waals surface area (Å²) in [4.78, 5) is 28.8. The first-order valence-electron chi connectivity index (χ1n) is 9.62. The Morgan fingerprint density at radius 3 is 2.41 bits per heavy atom. The van der Waals surface area contributed by atoms with Gasteiger partial charge in [0.05, 0.1) is 16.9 Å². The molecule has 27 heavy (non-hydrogen) atoms. The number of nitrogens with zero attached hydrogens (tertiary/aromatic N) is 2. The Kier molecular flexibility index (Phi) is 5.12. The molecule has 1 aromatic carbocycles. The third kappa shape index (κ3) is 3.57. The maximum atomic E-state index is 13.3. The van der Waals surface area contributed by atoms with Crippen LogP contribution in [0.3, 0.4) is 0 Å². The van der Waals surface area contributed by atoms with Crippen molar-refractivity contribution in [2.45, 2.75) is 25.8 Å². The van der Waals surface area contributed by atoms with E-state index in [1.54, 1.807) is 12.1 Å². The van der Waals surface area contributed by atoms with Crippen LogP contribution in [0.5, 0.6) is 0 Å². The Bertz CT molecular complexity index is 751. The molecule has 1 saturated heterocycles. The topological polar surface area (TPSA) is 60.9 Å². The van der Waals surface area contributed by atoms with Crippen molar-refractivity contribution in [3.8, 4) is 0 Å². The molecule has 2 bridgehead atoms. The summed E-state index contributed by atoms with van der Waals surface area (Å²) < 4.78 is 13.3. The zero-order valence-corrected chi connectivity index (χ0v) is 15.9. The molecule has 1 N–H and O–H groups in total. The van der Waals surface area contributed by atoms with Crippen LogP contribution in [-0.4, -0.2) is 53.0 Å². The second kappa shape index (κ2) is 7.40. The van der Waals surface area contributed by atoms with Crippen molar-refractivity contribution in [2.24, 2.45) is 23.7 Å². The summed E-state index contributed by atoms with van der Waals surface area (Å²) in [5, 5.41) is 9.71. The van der Waals surface area contributed by atoms with Crippen LogP contribution in [0.25, 0.3) is 0 Å². The van der Waals surface area contributed by atoms with Gasteiger partial charge in [0, 0.05) is 32.7 Å². The van der Waals surface area contributed by atoms with Crippen molar-refractivity contribution in [1.82, 2.24) is 9.80 Å². The van der Waals surface area contributed by atoms with E-state index in [9.17, 15) is 19.1 Å².